The van der Waals surface area contributed by atoms with Gasteiger partial charge >= 0.3 is 0 Å². The van der Waals surface area contributed by atoms with E-state index in [-0.39, 0.29) is 5.41 Å². The molecule has 2 nitrogen and oxygen atoms in total. The molecule has 0 aliphatic heterocycles. The Morgan fingerprint density at radius 2 is 1.81 bits per heavy atom. The van der Waals surface area contributed by atoms with Crippen molar-refractivity contribution in [2.45, 2.75) is 53.9 Å². The summed E-state index contributed by atoms with van der Waals surface area (Å²) in [5.74, 6) is 1.34. The molecule has 0 spiro atoms. The van der Waals surface area contributed by atoms with Crippen LogP contribution in [0.5, 0.6) is 0 Å². The molecule has 0 amide bonds. The van der Waals surface area contributed by atoms with Gasteiger partial charge in [-0.1, -0.05) is 34.6 Å². The van der Waals surface area contributed by atoms with Crippen molar-refractivity contribution >= 4 is 5.78 Å². The van der Waals surface area contributed by atoms with Gasteiger partial charge in [0, 0.05) is 13.5 Å². The summed E-state index contributed by atoms with van der Waals surface area (Å²) < 4.78 is 5.30. The zero-order valence-electron chi connectivity index (χ0n) is 11.8. The molecule has 0 radical (unpaired) electrons. The minimum Gasteiger partial charge on any atom is -0.384 e. The predicted octanol–water partition coefficient (Wildman–Crippen LogP) is 3.69. The van der Waals surface area contributed by atoms with E-state index in [4.69, 9.17) is 4.74 Å². The molecule has 0 bridgehead atoms. The number of ether oxygens (including phenoxy) is 1. The Hall–Kier alpha value is -0.370. The summed E-state index contributed by atoms with van der Waals surface area (Å²) >= 11 is 0. The molecule has 1 unspecified atom stereocenters. The quantitative estimate of drug-likeness (QED) is 0.633. The first-order valence-electron chi connectivity index (χ1n) is 6.43. The van der Waals surface area contributed by atoms with Crippen molar-refractivity contribution in [3.8, 4) is 0 Å². The lowest BCUT2D eigenvalue weighted by molar-refractivity contribution is -0.135. The van der Waals surface area contributed by atoms with Crippen LogP contribution in [0.2, 0.25) is 0 Å². The molecule has 0 fully saturated rings. The summed E-state index contributed by atoms with van der Waals surface area (Å²) in [6.45, 7) is 11.2. The second-order valence-electron chi connectivity index (χ2n) is 5.45. The van der Waals surface area contributed by atoms with E-state index < -0.39 is 0 Å². The van der Waals surface area contributed by atoms with Gasteiger partial charge in [0.2, 0.25) is 0 Å². The molecule has 0 aliphatic rings. The maximum Gasteiger partial charge on any atom is 0.141 e. The molecule has 2 heteroatoms. The molecule has 0 saturated heterocycles. The standard InChI is InChI=1S/C14H28O2/c1-7-13(15)14(10-16-6,12(4)5)9-8-11(2)3/h11-12H,7-10H2,1-6H3. The molecular formula is C14H28O2. The third-order valence-corrected chi connectivity index (χ3v) is 3.55. The number of hydrogen-bond acceptors (Lipinski definition) is 2. The Kier molecular flexibility index (Phi) is 6.89. The summed E-state index contributed by atoms with van der Waals surface area (Å²) in [5.41, 5.74) is -0.270. The van der Waals surface area contributed by atoms with Crippen molar-refractivity contribution < 1.29 is 9.53 Å². The molecule has 0 aromatic rings. The Labute approximate surface area is 101 Å². The molecule has 16 heavy (non-hydrogen) atoms. The van der Waals surface area contributed by atoms with Crippen molar-refractivity contribution in [2.24, 2.45) is 17.3 Å². The van der Waals surface area contributed by atoms with Crippen LogP contribution in [0.15, 0.2) is 0 Å². The van der Waals surface area contributed by atoms with Gasteiger partial charge in [-0.2, -0.15) is 0 Å². The van der Waals surface area contributed by atoms with Crippen LogP contribution in [0.4, 0.5) is 0 Å². The molecule has 0 aliphatic carbocycles. The molecule has 0 aromatic carbocycles. The second kappa shape index (κ2) is 7.05. The normalized spacial score (nSPS) is 15.5. The minimum atomic E-state index is -0.270. The van der Waals surface area contributed by atoms with Gasteiger partial charge in [-0.05, 0) is 24.7 Å². The number of carbonyl (C=O) groups excluding carboxylic acids is 1. The van der Waals surface area contributed by atoms with E-state index in [1.165, 1.54) is 0 Å². The van der Waals surface area contributed by atoms with Crippen LogP contribution in [0, 0.1) is 17.3 Å². The van der Waals surface area contributed by atoms with Crippen molar-refractivity contribution in [2.75, 3.05) is 13.7 Å². The average Bonchev–Trinajstić information content (AvgIpc) is 2.22. The highest BCUT2D eigenvalue weighted by Crippen LogP contribution is 2.36. The predicted molar refractivity (Wildman–Crippen MR) is 68.5 cm³/mol. The fourth-order valence-electron chi connectivity index (χ4n) is 2.23. The van der Waals surface area contributed by atoms with Crippen LogP contribution >= 0.6 is 0 Å². The zero-order chi connectivity index (χ0) is 12.8. The largest absolute Gasteiger partial charge is 0.384 e. The van der Waals surface area contributed by atoms with E-state index >= 15 is 0 Å². The van der Waals surface area contributed by atoms with E-state index in [0.29, 0.717) is 30.6 Å². The van der Waals surface area contributed by atoms with Gasteiger partial charge in [-0.15, -0.1) is 0 Å². The third-order valence-electron chi connectivity index (χ3n) is 3.55. The van der Waals surface area contributed by atoms with Crippen molar-refractivity contribution in [1.29, 1.82) is 0 Å². The molecule has 0 rings (SSSR count). The van der Waals surface area contributed by atoms with E-state index in [2.05, 4.69) is 27.7 Å². The van der Waals surface area contributed by atoms with Gasteiger partial charge < -0.3 is 4.74 Å². The second-order valence-corrected chi connectivity index (χ2v) is 5.45. The number of methoxy groups -OCH3 is 1. The summed E-state index contributed by atoms with van der Waals surface area (Å²) in [6, 6.07) is 0. The Morgan fingerprint density at radius 3 is 2.12 bits per heavy atom. The fourth-order valence-corrected chi connectivity index (χ4v) is 2.23. The number of hydrogen-bond donors (Lipinski definition) is 0. The highest BCUT2D eigenvalue weighted by molar-refractivity contribution is 5.85. The van der Waals surface area contributed by atoms with Crippen LogP contribution in [-0.4, -0.2) is 19.5 Å². The number of carbonyl (C=O) groups is 1. The van der Waals surface area contributed by atoms with E-state index in [1.54, 1.807) is 7.11 Å². The van der Waals surface area contributed by atoms with E-state index in [1.807, 2.05) is 6.92 Å². The fraction of sp³-hybridized carbons (Fsp3) is 0.929. The van der Waals surface area contributed by atoms with Gasteiger partial charge in [-0.25, -0.2) is 0 Å². The lowest BCUT2D eigenvalue weighted by atomic mass is 9.69. The molecule has 0 heterocycles. The Balaban J connectivity index is 4.86. The monoisotopic (exact) mass is 228 g/mol. The molecule has 0 saturated carbocycles. The van der Waals surface area contributed by atoms with Crippen LogP contribution in [0.3, 0.4) is 0 Å². The highest BCUT2D eigenvalue weighted by Gasteiger charge is 2.39. The molecule has 96 valence electrons. The molecule has 1 atom stereocenters. The summed E-state index contributed by atoms with van der Waals surface area (Å²) in [5, 5.41) is 0. The SMILES string of the molecule is CCC(=O)C(CCC(C)C)(COC)C(C)C. The summed E-state index contributed by atoms with van der Waals surface area (Å²) in [6.07, 6.45) is 2.65. The van der Waals surface area contributed by atoms with Gasteiger partial charge in [0.25, 0.3) is 0 Å². The number of Topliss-reactive ketones (excluding diaryl/α,β-unsaturated/α-hetero) is 1. The highest BCUT2D eigenvalue weighted by atomic mass is 16.5. The molecule has 0 aromatic heterocycles. The van der Waals surface area contributed by atoms with E-state index in [9.17, 15) is 4.79 Å². The maximum atomic E-state index is 12.2. The van der Waals surface area contributed by atoms with Crippen molar-refractivity contribution in [1.82, 2.24) is 0 Å². The van der Waals surface area contributed by atoms with Crippen molar-refractivity contribution in [3.05, 3.63) is 0 Å². The van der Waals surface area contributed by atoms with Crippen LogP contribution in [0.25, 0.3) is 0 Å². The van der Waals surface area contributed by atoms with Gasteiger partial charge in [0.15, 0.2) is 0 Å². The van der Waals surface area contributed by atoms with E-state index in [0.717, 1.165) is 12.8 Å². The first kappa shape index (κ1) is 15.6. The Morgan fingerprint density at radius 1 is 1.25 bits per heavy atom. The number of ketones is 1. The smallest absolute Gasteiger partial charge is 0.141 e. The lowest BCUT2D eigenvalue weighted by Gasteiger charge is -2.36. The maximum absolute atomic E-state index is 12.2. The van der Waals surface area contributed by atoms with Crippen LogP contribution < -0.4 is 0 Å². The van der Waals surface area contributed by atoms with Gasteiger partial charge in [0.1, 0.15) is 5.78 Å². The topological polar surface area (TPSA) is 26.3 Å². The van der Waals surface area contributed by atoms with Crippen LogP contribution in [0.1, 0.15) is 53.9 Å². The van der Waals surface area contributed by atoms with Gasteiger partial charge in [0.05, 0.1) is 12.0 Å². The zero-order valence-corrected chi connectivity index (χ0v) is 11.8. The first-order valence-corrected chi connectivity index (χ1v) is 6.43. The third kappa shape index (κ3) is 3.89. The lowest BCUT2D eigenvalue weighted by Crippen LogP contribution is -2.40. The Bertz CT molecular complexity index is 209. The van der Waals surface area contributed by atoms with Crippen molar-refractivity contribution in [3.63, 3.8) is 0 Å². The van der Waals surface area contributed by atoms with Gasteiger partial charge in [-0.3, -0.25) is 4.79 Å². The summed E-state index contributed by atoms with van der Waals surface area (Å²) in [7, 11) is 1.69. The minimum absolute atomic E-state index is 0.270. The number of rotatable bonds is 8. The molecular weight excluding hydrogens is 200 g/mol. The summed E-state index contributed by atoms with van der Waals surface area (Å²) in [4.78, 5) is 12.2. The van der Waals surface area contributed by atoms with Crippen LogP contribution in [-0.2, 0) is 9.53 Å². The first-order chi connectivity index (χ1) is 7.40. The average molecular weight is 228 g/mol. The molecule has 0 N–H and O–H groups in total.